The van der Waals surface area contributed by atoms with E-state index in [0.717, 1.165) is 32.2 Å². The van der Waals surface area contributed by atoms with Crippen molar-refractivity contribution in [3.05, 3.63) is 12.2 Å². The van der Waals surface area contributed by atoms with E-state index in [1.165, 1.54) is 70.0 Å². The second-order valence-corrected chi connectivity index (χ2v) is 17.9. The maximum absolute atomic E-state index is 14.6. The summed E-state index contributed by atoms with van der Waals surface area (Å²) in [6.07, 6.45) is 14.0. The molecule has 5 saturated carbocycles. The fourth-order valence-electron chi connectivity index (χ4n) is 14.0. The Bertz CT molecular complexity index is 1090. The maximum atomic E-state index is 14.6. The molecule has 2 N–H and O–H groups in total. The molecule has 3 aliphatic heterocycles. The number of hydrogen-bond acceptors (Lipinski definition) is 3. The average molecular weight is 565 g/mol. The Morgan fingerprint density at radius 2 is 1.56 bits per heavy atom. The van der Waals surface area contributed by atoms with E-state index < -0.39 is 0 Å². The molecule has 8 aliphatic rings. The van der Waals surface area contributed by atoms with Crippen molar-refractivity contribution in [2.24, 2.45) is 62.6 Å². The Morgan fingerprint density at radius 1 is 0.829 bits per heavy atom. The quantitative estimate of drug-likeness (QED) is 0.356. The van der Waals surface area contributed by atoms with Crippen LogP contribution in [0.3, 0.4) is 0 Å². The molecule has 41 heavy (non-hydrogen) atoms. The highest BCUT2D eigenvalue weighted by Crippen LogP contribution is 2.77. The van der Waals surface area contributed by atoms with Gasteiger partial charge in [0.1, 0.15) is 0 Å². The van der Waals surface area contributed by atoms with Crippen molar-refractivity contribution in [2.45, 2.75) is 131 Å². The van der Waals surface area contributed by atoms with Crippen LogP contribution >= 0.6 is 0 Å². The van der Waals surface area contributed by atoms with Gasteiger partial charge in [0.05, 0.1) is 11.5 Å². The minimum atomic E-state index is -0.207. The topological polar surface area (TPSA) is 52.6 Å². The number of rotatable bonds is 3. The van der Waals surface area contributed by atoms with E-state index in [4.69, 9.17) is 0 Å². The summed E-state index contributed by atoms with van der Waals surface area (Å²) >= 11 is 0. The molecule has 3 saturated heterocycles. The Kier molecular flexibility index (Phi) is 6.56. The van der Waals surface area contributed by atoms with Crippen LogP contribution < -0.4 is 5.32 Å². The number of aliphatic hydroxyl groups excluding tert-OH is 1. The van der Waals surface area contributed by atoms with Gasteiger partial charge in [-0.3, -0.25) is 4.79 Å². The molecule has 0 aromatic carbocycles. The summed E-state index contributed by atoms with van der Waals surface area (Å²) < 4.78 is 0. The van der Waals surface area contributed by atoms with Gasteiger partial charge in [-0.25, -0.2) is 0 Å². The van der Waals surface area contributed by atoms with Crippen molar-refractivity contribution in [3.63, 3.8) is 0 Å². The number of hydrogen-bond donors (Lipinski definition) is 2. The zero-order chi connectivity index (χ0) is 29.2. The monoisotopic (exact) mass is 564 g/mol. The van der Waals surface area contributed by atoms with Gasteiger partial charge >= 0.3 is 0 Å². The van der Waals surface area contributed by atoms with Gasteiger partial charge in [0.25, 0.3) is 0 Å². The van der Waals surface area contributed by atoms with Crippen LogP contribution in [0.15, 0.2) is 12.2 Å². The van der Waals surface area contributed by atoms with Crippen molar-refractivity contribution < 1.29 is 9.90 Å². The van der Waals surface area contributed by atoms with Crippen LogP contribution in [0.25, 0.3) is 0 Å². The summed E-state index contributed by atoms with van der Waals surface area (Å²) in [6.45, 7) is 23.0. The van der Waals surface area contributed by atoms with Gasteiger partial charge in [0, 0.05) is 12.6 Å². The predicted molar refractivity (Wildman–Crippen MR) is 166 cm³/mol. The van der Waals surface area contributed by atoms with Crippen LogP contribution in [0, 0.1) is 62.6 Å². The molecule has 8 rings (SSSR count). The maximum Gasteiger partial charge on any atom is 0.226 e. The number of piperidine rings is 3. The van der Waals surface area contributed by atoms with Crippen molar-refractivity contribution in [3.8, 4) is 0 Å². The van der Waals surface area contributed by atoms with E-state index >= 15 is 0 Å². The third kappa shape index (κ3) is 3.74. The SMILES string of the molecule is C=C(C)[C@@H]1CC[C@]2(C(=O)N[C@@H]3CN4CCC3CC4)CC[C@]3(C)[C@H](CC[C@@H]4[C@@]5(C)CC[C@H](O)C(C)(C)[C@@H]5CC[C@]43C)[C@@H]12. The first kappa shape index (κ1) is 28.9. The van der Waals surface area contributed by atoms with Gasteiger partial charge in [-0.05, 0) is 154 Å². The van der Waals surface area contributed by atoms with Crippen molar-refractivity contribution in [1.29, 1.82) is 0 Å². The zero-order valence-corrected chi connectivity index (χ0v) is 27.2. The summed E-state index contributed by atoms with van der Waals surface area (Å²) in [6, 6.07) is 0.353. The van der Waals surface area contributed by atoms with E-state index in [1.54, 1.807) is 0 Å². The van der Waals surface area contributed by atoms with Gasteiger partial charge in [-0.2, -0.15) is 0 Å². The molecule has 0 spiro atoms. The Labute approximate surface area is 250 Å². The van der Waals surface area contributed by atoms with Gasteiger partial charge < -0.3 is 15.3 Å². The van der Waals surface area contributed by atoms with Crippen LogP contribution in [0.1, 0.15) is 119 Å². The largest absolute Gasteiger partial charge is 0.393 e. The van der Waals surface area contributed by atoms with Gasteiger partial charge in [0.2, 0.25) is 5.91 Å². The predicted octanol–water partition coefficient (Wildman–Crippen LogP) is 7.22. The van der Waals surface area contributed by atoms with E-state index in [-0.39, 0.29) is 22.3 Å². The van der Waals surface area contributed by atoms with Crippen molar-refractivity contribution in [1.82, 2.24) is 10.2 Å². The summed E-state index contributed by atoms with van der Waals surface area (Å²) in [5, 5.41) is 14.8. The number of carbonyl (C=O) groups is 1. The van der Waals surface area contributed by atoms with Gasteiger partial charge in [-0.1, -0.05) is 46.8 Å². The minimum Gasteiger partial charge on any atom is -0.393 e. The first-order chi connectivity index (χ1) is 19.3. The molecule has 5 aliphatic carbocycles. The molecule has 11 atom stereocenters. The highest BCUT2D eigenvalue weighted by molar-refractivity contribution is 5.84. The van der Waals surface area contributed by atoms with Crippen molar-refractivity contribution in [2.75, 3.05) is 19.6 Å². The Morgan fingerprint density at radius 3 is 2.22 bits per heavy atom. The third-order valence-electron chi connectivity index (χ3n) is 16.5. The second kappa shape index (κ2) is 9.32. The van der Waals surface area contributed by atoms with Gasteiger partial charge in [-0.15, -0.1) is 0 Å². The van der Waals surface area contributed by atoms with E-state index in [2.05, 4.69) is 58.3 Å². The number of nitrogens with one attached hydrogen (secondary N) is 1. The Hall–Kier alpha value is -0.870. The van der Waals surface area contributed by atoms with E-state index in [9.17, 15) is 9.90 Å². The summed E-state index contributed by atoms with van der Waals surface area (Å²) in [7, 11) is 0. The van der Waals surface area contributed by atoms with Crippen LogP contribution in [0.4, 0.5) is 0 Å². The molecule has 0 radical (unpaired) electrons. The average Bonchev–Trinajstić information content (AvgIpc) is 3.34. The minimum absolute atomic E-state index is 0.00245. The molecule has 4 nitrogen and oxygen atoms in total. The fourth-order valence-corrected chi connectivity index (χ4v) is 14.0. The lowest BCUT2D eigenvalue weighted by atomic mass is 9.32. The third-order valence-corrected chi connectivity index (χ3v) is 16.5. The smallest absolute Gasteiger partial charge is 0.226 e. The van der Waals surface area contributed by atoms with Crippen LogP contribution in [0.5, 0.6) is 0 Å². The molecule has 0 unspecified atom stereocenters. The zero-order valence-electron chi connectivity index (χ0n) is 27.2. The number of nitrogens with zero attached hydrogens (tertiary/aromatic N) is 1. The first-order valence-electron chi connectivity index (χ1n) is 17.6. The molecule has 0 aromatic rings. The van der Waals surface area contributed by atoms with E-state index in [1.807, 2.05) is 0 Å². The van der Waals surface area contributed by atoms with Crippen LogP contribution in [-0.2, 0) is 4.79 Å². The number of aliphatic hydroxyl groups is 1. The molecule has 4 heteroatoms. The van der Waals surface area contributed by atoms with E-state index in [0.29, 0.717) is 58.3 Å². The van der Waals surface area contributed by atoms with Gasteiger partial charge in [0.15, 0.2) is 0 Å². The summed E-state index contributed by atoms with van der Waals surface area (Å²) in [5.74, 6) is 3.91. The molecule has 2 bridgehead atoms. The molecule has 0 aromatic heterocycles. The molecule has 1 amide bonds. The normalized spacial score (nSPS) is 55.2. The lowest BCUT2D eigenvalue weighted by Crippen LogP contribution is -2.68. The first-order valence-corrected chi connectivity index (χ1v) is 17.6. The molecule has 3 heterocycles. The Balaban J connectivity index is 1.22. The fraction of sp³-hybridized carbons (Fsp3) is 0.919. The summed E-state index contributed by atoms with van der Waals surface area (Å²) in [5.41, 5.74) is 1.96. The number of allylic oxidation sites excluding steroid dienone is 1. The van der Waals surface area contributed by atoms with Crippen LogP contribution in [0.2, 0.25) is 0 Å². The lowest BCUT2D eigenvalue weighted by Gasteiger charge is -2.72. The molecular weight excluding hydrogens is 504 g/mol. The molecular formula is C37H60N2O2. The number of carbonyl (C=O) groups excluding carboxylic acids is 1. The highest BCUT2D eigenvalue weighted by Gasteiger charge is 2.72. The molecule has 8 fully saturated rings. The highest BCUT2D eigenvalue weighted by atomic mass is 16.3. The standard InChI is InChI=1S/C37H60N2O2/c1-23(2)25-10-17-37(32(41)38-27-22-39-20-13-24(27)14-21-39)19-18-35(6)26(31(25)37)8-9-29-34(5)15-12-30(40)33(3,4)28(34)11-16-36(29,35)7/h24-31,40H,1,8-22H2,2-7H3,(H,38,41)/t25-,26+,27+,28-,29+,30-,31+,34-,35+,36+,37-/m0/s1. The number of amides is 1. The second-order valence-electron chi connectivity index (χ2n) is 17.9. The lowest BCUT2D eigenvalue weighted by molar-refractivity contribution is -0.246. The van der Waals surface area contributed by atoms with Crippen molar-refractivity contribution >= 4 is 5.91 Å². The van der Waals surface area contributed by atoms with Crippen LogP contribution in [-0.4, -0.2) is 47.7 Å². The molecule has 230 valence electrons. The number of fused-ring (bicyclic) bond motifs is 10. The summed E-state index contributed by atoms with van der Waals surface area (Å²) in [4.78, 5) is 17.2.